The second-order valence-electron chi connectivity index (χ2n) is 2.56. The maximum atomic E-state index is 4.11. The zero-order chi connectivity index (χ0) is 7.97. The van der Waals surface area contributed by atoms with Gasteiger partial charge in [-0.3, -0.25) is 0 Å². The standard InChI is InChI=1S/C7H5N5/c1-5-6(9-4-8-1)3-12-7(5)2-10-11-12/h1-4,11H. The molecule has 0 fully saturated rings. The molecular formula is C7H5N5. The van der Waals surface area contributed by atoms with Crippen molar-refractivity contribution >= 4 is 16.4 Å². The Morgan fingerprint density at radius 1 is 1.33 bits per heavy atom. The maximum absolute atomic E-state index is 4.11. The lowest BCUT2D eigenvalue weighted by molar-refractivity contribution is 0.864. The van der Waals surface area contributed by atoms with Gasteiger partial charge in [-0.25, -0.2) is 19.7 Å². The number of aromatic amines is 1. The normalized spacial score (nSPS) is 11.3. The summed E-state index contributed by atoms with van der Waals surface area (Å²) >= 11 is 0. The summed E-state index contributed by atoms with van der Waals surface area (Å²) in [6.07, 6.45) is 6.97. The number of rotatable bonds is 0. The number of aromatic nitrogens is 5. The van der Waals surface area contributed by atoms with Gasteiger partial charge in [-0.15, -0.1) is 0 Å². The van der Waals surface area contributed by atoms with Crippen molar-refractivity contribution in [3.8, 4) is 0 Å². The molecule has 0 atom stereocenters. The Labute approximate surface area is 67.0 Å². The van der Waals surface area contributed by atoms with Crippen molar-refractivity contribution in [2.75, 3.05) is 0 Å². The fourth-order valence-electron chi connectivity index (χ4n) is 1.33. The van der Waals surface area contributed by atoms with E-state index in [1.54, 1.807) is 12.4 Å². The first kappa shape index (κ1) is 5.70. The van der Waals surface area contributed by atoms with Gasteiger partial charge in [-0.1, -0.05) is 0 Å². The highest BCUT2D eigenvalue weighted by Gasteiger charge is 2.03. The largest absolute Gasteiger partial charge is 0.244 e. The molecule has 0 unspecified atom stereocenters. The van der Waals surface area contributed by atoms with Crippen molar-refractivity contribution in [3.63, 3.8) is 0 Å². The van der Waals surface area contributed by atoms with E-state index in [-0.39, 0.29) is 0 Å². The lowest BCUT2D eigenvalue weighted by Gasteiger charge is -1.82. The van der Waals surface area contributed by atoms with Crippen molar-refractivity contribution < 1.29 is 0 Å². The molecular weight excluding hydrogens is 154 g/mol. The molecule has 0 spiro atoms. The smallest absolute Gasteiger partial charge is 0.116 e. The molecule has 0 bridgehead atoms. The minimum atomic E-state index is 0.929. The number of hydrogen-bond donors (Lipinski definition) is 1. The van der Waals surface area contributed by atoms with Gasteiger partial charge >= 0.3 is 0 Å². The Morgan fingerprint density at radius 2 is 2.33 bits per heavy atom. The Morgan fingerprint density at radius 3 is 3.33 bits per heavy atom. The van der Waals surface area contributed by atoms with Gasteiger partial charge in [-0.2, -0.15) is 5.10 Å². The molecule has 12 heavy (non-hydrogen) atoms. The molecule has 1 N–H and O–H groups in total. The van der Waals surface area contributed by atoms with Crippen LogP contribution in [0, 0.1) is 0 Å². The molecule has 5 nitrogen and oxygen atoms in total. The van der Waals surface area contributed by atoms with Crippen molar-refractivity contribution in [1.82, 2.24) is 24.8 Å². The van der Waals surface area contributed by atoms with Gasteiger partial charge in [0.15, 0.2) is 0 Å². The van der Waals surface area contributed by atoms with Gasteiger partial charge < -0.3 is 0 Å². The Kier molecular flexibility index (Phi) is 0.864. The van der Waals surface area contributed by atoms with Crippen LogP contribution >= 0.6 is 0 Å². The van der Waals surface area contributed by atoms with Crippen LogP contribution in [0.15, 0.2) is 24.9 Å². The molecule has 0 saturated carbocycles. The first-order valence-electron chi connectivity index (χ1n) is 3.55. The number of nitrogens with zero attached hydrogens (tertiary/aromatic N) is 4. The summed E-state index contributed by atoms with van der Waals surface area (Å²) in [7, 11) is 0. The van der Waals surface area contributed by atoms with Gasteiger partial charge in [-0.05, 0) is 0 Å². The van der Waals surface area contributed by atoms with E-state index in [1.807, 2.05) is 10.7 Å². The highest BCUT2D eigenvalue weighted by atomic mass is 15.4. The lowest BCUT2D eigenvalue weighted by Crippen LogP contribution is -1.78. The zero-order valence-electron chi connectivity index (χ0n) is 6.10. The van der Waals surface area contributed by atoms with Gasteiger partial charge in [0.2, 0.25) is 0 Å². The Balaban J connectivity index is 2.68. The molecule has 0 aliphatic carbocycles. The van der Waals surface area contributed by atoms with Crippen LogP contribution < -0.4 is 0 Å². The summed E-state index contributed by atoms with van der Waals surface area (Å²) in [6.45, 7) is 0. The van der Waals surface area contributed by atoms with Crippen LogP contribution in [-0.4, -0.2) is 24.8 Å². The third kappa shape index (κ3) is 0.554. The molecule has 0 aliphatic rings. The van der Waals surface area contributed by atoms with Crippen LogP contribution in [-0.2, 0) is 0 Å². The van der Waals surface area contributed by atoms with Gasteiger partial charge in [0, 0.05) is 11.6 Å². The summed E-state index contributed by atoms with van der Waals surface area (Å²) in [5.41, 5.74) is 1.93. The highest BCUT2D eigenvalue weighted by Crippen LogP contribution is 2.16. The van der Waals surface area contributed by atoms with E-state index in [0.29, 0.717) is 0 Å². The topological polar surface area (TPSA) is 58.9 Å². The fourth-order valence-corrected chi connectivity index (χ4v) is 1.33. The van der Waals surface area contributed by atoms with Crippen LogP contribution in [0.1, 0.15) is 0 Å². The minimum Gasteiger partial charge on any atom is -0.244 e. The van der Waals surface area contributed by atoms with E-state index in [4.69, 9.17) is 0 Å². The third-order valence-corrected chi connectivity index (χ3v) is 1.88. The zero-order valence-corrected chi connectivity index (χ0v) is 6.10. The van der Waals surface area contributed by atoms with Crippen molar-refractivity contribution in [2.24, 2.45) is 0 Å². The number of nitrogens with one attached hydrogen (secondary N) is 1. The van der Waals surface area contributed by atoms with E-state index < -0.39 is 0 Å². The van der Waals surface area contributed by atoms with Gasteiger partial charge in [0.25, 0.3) is 0 Å². The summed E-state index contributed by atoms with van der Waals surface area (Å²) in [6, 6.07) is 0. The van der Waals surface area contributed by atoms with E-state index in [9.17, 15) is 0 Å². The highest BCUT2D eigenvalue weighted by molar-refractivity contribution is 5.93. The van der Waals surface area contributed by atoms with Crippen LogP contribution in [0.25, 0.3) is 16.4 Å². The van der Waals surface area contributed by atoms with Crippen LogP contribution in [0.2, 0.25) is 0 Å². The molecule has 5 heteroatoms. The van der Waals surface area contributed by atoms with Crippen LogP contribution in [0.4, 0.5) is 0 Å². The fraction of sp³-hybridized carbons (Fsp3) is 0. The predicted molar refractivity (Wildman–Crippen MR) is 42.6 cm³/mol. The molecule has 0 radical (unpaired) electrons. The second kappa shape index (κ2) is 1.82. The quantitative estimate of drug-likeness (QED) is 0.522. The van der Waals surface area contributed by atoms with Gasteiger partial charge in [0.05, 0.1) is 23.4 Å². The molecule has 0 amide bonds. The van der Waals surface area contributed by atoms with Crippen molar-refractivity contribution in [1.29, 1.82) is 0 Å². The maximum Gasteiger partial charge on any atom is 0.116 e. The monoisotopic (exact) mass is 159 g/mol. The Bertz CT molecular complexity index is 534. The first-order chi connectivity index (χ1) is 5.95. The molecule has 0 saturated heterocycles. The summed E-state index contributed by atoms with van der Waals surface area (Å²) in [5.74, 6) is 0. The predicted octanol–water partition coefficient (Wildman–Crippen LogP) is 0.606. The first-order valence-corrected chi connectivity index (χ1v) is 3.55. The van der Waals surface area contributed by atoms with Crippen molar-refractivity contribution in [2.45, 2.75) is 0 Å². The summed E-state index contributed by atoms with van der Waals surface area (Å²) < 4.78 is 1.82. The molecule has 3 rings (SSSR count). The minimum absolute atomic E-state index is 0.929. The average Bonchev–Trinajstić information content (AvgIpc) is 2.62. The molecule has 3 aromatic rings. The summed E-state index contributed by atoms with van der Waals surface area (Å²) in [4.78, 5) is 8.06. The van der Waals surface area contributed by atoms with E-state index >= 15 is 0 Å². The molecule has 3 aromatic heterocycles. The average molecular weight is 159 g/mol. The van der Waals surface area contributed by atoms with Crippen LogP contribution in [0.3, 0.4) is 0 Å². The SMILES string of the molecule is c1ncc2c(cn3[nH]ncc23)n1. The number of fused-ring (bicyclic) bond motifs is 3. The number of H-pyrrole nitrogens is 1. The van der Waals surface area contributed by atoms with E-state index in [1.165, 1.54) is 6.33 Å². The molecule has 0 aromatic carbocycles. The number of hydrogen-bond acceptors (Lipinski definition) is 3. The summed E-state index contributed by atoms with van der Waals surface area (Å²) in [5, 5.41) is 7.72. The van der Waals surface area contributed by atoms with Crippen molar-refractivity contribution in [3.05, 3.63) is 24.9 Å². The van der Waals surface area contributed by atoms with Crippen LogP contribution in [0.5, 0.6) is 0 Å². The molecule has 3 heterocycles. The van der Waals surface area contributed by atoms with E-state index in [0.717, 1.165) is 16.4 Å². The second-order valence-corrected chi connectivity index (χ2v) is 2.56. The lowest BCUT2D eigenvalue weighted by atomic mass is 10.3. The molecule has 58 valence electrons. The molecule has 0 aliphatic heterocycles. The third-order valence-electron chi connectivity index (χ3n) is 1.88. The van der Waals surface area contributed by atoms with Gasteiger partial charge in [0.1, 0.15) is 6.33 Å². The Hall–Kier alpha value is -1.91. The van der Waals surface area contributed by atoms with E-state index in [2.05, 4.69) is 20.3 Å².